The zero-order valence-electron chi connectivity index (χ0n) is 8.09. The average Bonchev–Trinajstić information content (AvgIpc) is 2.72. The fourth-order valence-corrected chi connectivity index (χ4v) is 1.93. The van der Waals surface area contributed by atoms with Crippen molar-refractivity contribution in [3.05, 3.63) is 48.3 Å². The molecule has 1 aromatic carbocycles. The summed E-state index contributed by atoms with van der Waals surface area (Å²) >= 11 is 0. The number of hydrogen-bond donors (Lipinski definition) is 1. The van der Waals surface area contributed by atoms with Gasteiger partial charge in [0.05, 0.1) is 18.3 Å². The Balaban J connectivity index is 2.56. The summed E-state index contributed by atoms with van der Waals surface area (Å²) in [6, 6.07) is 9.95. The number of nitrogens with zero attached hydrogens (tertiary/aromatic N) is 2. The molecule has 15 heavy (non-hydrogen) atoms. The van der Waals surface area contributed by atoms with Crippen molar-refractivity contribution in [1.82, 2.24) is 9.61 Å². The molecule has 0 radical (unpaired) electrons. The van der Waals surface area contributed by atoms with Crippen molar-refractivity contribution in [1.29, 1.82) is 0 Å². The topological polar surface area (TPSA) is 37.5 Å². The van der Waals surface area contributed by atoms with E-state index in [0.29, 0.717) is 0 Å². The third-order valence-corrected chi connectivity index (χ3v) is 2.66. The van der Waals surface area contributed by atoms with Crippen LogP contribution >= 0.6 is 0 Å². The summed E-state index contributed by atoms with van der Waals surface area (Å²) in [6.07, 6.45) is 3.71. The van der Waals surface area contributed by atoms with E-state index in [2.05, 4.69) is 5.10 Å². The summed E-state index contributed by atoms with van der Waals surface area (Å²) < 4.78 is 1.80. The van der Waals surface area contributed by atoms with E-state index < -0.39 is 0 Å². The van der Waals surface area contributed by atoms with Crippen molar-refractivity contribution in [2.24, 2.45) is 0 Å². The molecule has 74 valence electrons. The van der Waals surface area contributed by atoms with Gasteiger partial charge in [-0.1, -0.05) is 24.3 Å². The maximum absolute atomic E-state index is 9.24. The smallest absolute Gasteiger partial charge is 0.0780 e. The number of aromatic nitrogens is 2. The van der Waals surface area contributed by atoms with Crippen LogP contribution < -0.4 is 0 Å². The van der Waals surface area contributed by atoms with Crippen LogP contribution in [0.25, 0.3) is 16.3 Å². The normalized spacial score (nSPS) is 11.3. The number of aliphatic hydroxyl groups is 1. The highest BCUT2D eigenvalue weighted by Gasteiger charge is 2.05. The van der Waals surface area contributed by atoms with Crippen LogP contribution in [0.3, 0.4) is 0 Å². The van der Waals surface area contributed by atoms with Crippen LogP contribution in [0.15, 0.2) is 42.7 Å². The molecule has 2 aromatic heterocycles. The fraction of sp³-hybridized carbons (Fsp3) is 0.0833. The standard InChI is InChI=1S/C12H10N2O/c15-8-10-5-6-14-12(10)11-4-2-1-3-9(11)7-13-14/h1-7,15H,8H2. The van der Waals surface area contributed by atoms with E-state index in [-0.39, 0.29) is 6.61 Å². The first-order chi connectivity index (χ1) is 7.40. The van der Waals surface area contributed by atoms with Crippen LogP contribution in [0.1, 0.15) is 5.56 Å². The maximum Gasteiger partial charge on any atom is 0.0780 e. The Kier molecular flexibility index (Phi) is 1.73. The second-order valence-electron chi connectivity index (χ2n) is 3.52. The summed E-state index contributed by atoms with van der Waals surface area (Å²) in [4.78, 5) is 0. The van der Waals surface area contributed by atoms with Crippen molar-refractivity contribution in [3.8, 4) is 0 Å². The Morgan fingerprint density at radius 1 is 1.20 bits per heavy atom. The molecular formula is C12H10N2O. The van der Waals surface area contributed by atoms with Gasteiger partial charge in [0.25, 0.3) is 0 Å². The molecule has 0 aliphatic rings. The third kappa shape index (κ3) is 1.13. The van der Waals surface area contributed by atoms with Crippen molar-refractivity contribution in [3.63, 3.8) is 0 Å². The highest BCUT2D eigenvalue weighted by atomic mass is 16.3. The predicted molar refractivity (Wildman–Crippen MR) is 58.6 cm³/mol. The third-order valence-electron chi connectivity index (χ3n) is 2.66. The predicted octanol–water partition coefficient (Wildman–Crippen LogP) is 1.98. The number of benzene rings is 1. The molecule has 0 aliphatic heterocycles. The Morgan fingerprint density at radius 3 is 2.93 bits per heavy atom. The van der Waals surface area contributed by atoms with Gasteiger partial charge in [-0.15, -0.1) is 0 Å². The van der Waals surface area contributed by atoms with Gasteiger partial charge in [0.1, 0.15) is 0 Å². The van der Waals surface area contributed by atoms with E-state index in [1.54, 1.807) is 4.52 Å². The van der Waals surface area contributed by atoms with Gasteiger partial charge in [-0.2, -0.15) is 5.10 Å². The van der Waals surface area contributed by atoms with Gasteiger partial charge in [-0.05, 0) is 6.07 Å². The van der Waals surface area contributed by atoms with Crippen molar-refractivity contribution >= 4 is 16.3 Å². The zero-order chi connectivity index (χ0) is 10.3. The molecule has 1 N–H and O–H groups in total. The fourth-order valence-electron chi connectivity index (χ4n) is 1.93. The van der Waals surface area contributed by atoms with Crippen LogP contribution in [0.2, 0.25) is 0 Å². The van der Waals surface area contributed by atoms with Gasteiger partial charge >= 0.3 is 0 Å². The molecule has 0 atom stereocenters. The van der Waals surface area contributed by atoms with Crippen LogP contribution in [-0.2, 0) is 6.61 Å². The first kappa shape index (κ1) is 8.44. The second kappa shape index (κ2) is 3.07. The van der Waals surface area contributed by atoms with Gasteiger partial charge in [-0.3, -0.25) is 0 Å². The Labute approximate surface area is 86.6 Å². The van der Waals surface area contributed by atoms with E-state index in [1.807, 2.05) is 42.7 Å². The molecule has 0 bridgehead atoms. The monoisotopic (exact) mass is 198 g/mol. The molecule has 0 amide bonds. The lowest BCUT2D eigenvalue weighted by Crippen LogP contribution is -1.91. The van der Waals surface area contributed by atoms with Crippen LogP contribution in [-0.4, -0.2) is 14.7 Å². The number of fused-ring (bicyclic) bond motifs is 3. The second-order valence-corrected chi connectivity index (χ2v) is 3.52. The Bertz CT molecular complexity index is 628. The SMILES string of the molecule is OCc1ccn2ncc3ccccc3c12. The van der Waals surface area contributed by atoms with E-state index in [1.165, 1.54) is 0 Å². The Morgan fingerprint density at radius 2 is 2.07 bits per heavy atom. The molecule has 3 aromatic rings. The van der Waals surface area contributed by atoms with Gasteiger partial charge < -0.3 is 5.11 Å². The minimum atomic E-state index is 0.0478. The number of hydrogen-bond acceptors (Lipinski definition) is 2. The molecule has 3 heteroatoms. The van der Waals surface area contributed by atoms with Gasteiger partial charge in [-0.25, -0.2) is 4.52 Å². The van der Waals surface area contributed by atoms with Gasteiger partial charge in [0.15, 0.2) is 0 Å². The van der Waals surface area contributed by atoms with Crippen LogP contribution in [0, 0.1) is 0 Å². The molecule has 0 fully saturated rings. The molecule has 0 saturated carbocycles. The summed E-state index contributed by atoms with van der Waals surface area (Å²) in [6.45, 7) is 0.0478. The molecular weight excluding hydrogens is 188 g/mol. The molecule has 0 aliphatic carbocycles. The van der Waals surface area contributed by atoms with Crippen molar-refractivity contribution in [2.75, 3.05) is 0 Å². The highest BCUT2D eigenvalue weighted by molar-refractivity contribution is 5.96. The zero-order valence-corrected chi connectivity index (χ0v) is 8.09. The lowest BCUT2D eigenvalue weighted by Gasteiger charge is -2.02. The first-order valence-corrected chi connectivity index (χ1v) is 4.85. The first-order valence-electron chi connectivity index (χ1n) is 4.85. The minimum absolute atomic E-state index is 0.0478. The molecule has 0 unspecified atom stereocenters. The van der Waals surface area contributed by atoms with Crippen molar-refractivity contribution < 1.29 is 5.11 Å². The van der Waals surface area contributed by atoms with Gasteiger partial charge in [0, 0.05) is 22.5 Å². The highest BCUT2D eigenvalue weighted by Crippen LogP contribution is 2.22. The number of aliphatic hydroxyl groups excluding tert-OH is 1. The lowest BCUT2D eigenvalue weighted by molar-refractivity contribution is 0.283. The van der Waals surface area contributed by atoms with E-state index >= 15 is 0 Å². The Hall–Kier alpha value is -1.87. The summed E-state index contributed by atoms with van der Waals surface area (Å²) in [5, 5.41) is 15.7. The molecule has 3 rings (SSSR count). The molecule has 0 saturated heterocycles. The number of rotatable bonds is 1. The molecule has 2 heterocycles. The molecule has 0 spiro atoms. The quantitative estimate of drug-likeness (QED) is 0.649. The summed E-state index contributed by atoms with van der Waals surface area (Å²) in [5.74, 6) is 0. The largest absolute Gasteiger partial charge is 0.392 e. The van der Waals surface area contributed by atoms with E-state index in [9.17, 15) is 5.11 Å². The maximum atomic E-state index is 9.24. The summed E-state index contributed by atoms with van der Waals surface area (Å²) in [7, 11) is 0. The summed E-state index contributed by atoms with van der Waals surface area (Å²) in [5.41, 5.74) is 1.91. The minimum Gasteiger partial charge on any atom is -0.392 e. The lowest BCUT2D eigenvalue weighted by atomic mass is 10.1. The van der Waals surface area contributed by atoms with E-state index in [0.717, 1.165) is 21.9 Å². The van der Waals surface area contributed by atoms with Gasteiger partial charge in [0.2, 0.25) is 0 Å². The van der Waals surface area contributed by atoms with Crippen molar-refractivity contribution in [2.45, 2.75) is 6.61 Å². The molecule has 3 nitrogen and oxygen atoms in total. The van der Waals surface area contributed by atoms with E-state index in [4.69, 9.17) is 0 Å². The average molecular weight is 198 g/mol. The van der Waals surface area contributed by atoms with Crippen LogP contribution in [0.4, 0.5) is 0 Å². The van der Waals surface area contributed by atoms with Crippen LogP contribution in [0.5, 0.6) is 0 Å².